The van der Waals surface area contributed by atoms with Crippen molar-refractivity contribution in [2.45, 2.75) is 137 Å². The molecular weight excluding hydrogens is 1090 g/mol. The molecule has 0 radical (unpaired) electrons. The van der Waals surface area contributed by atoms with Gasteiger partial charge < -0.3 is 112 Å². The van der Waals surface area contributed by atoms with Gasteiger partial charge in [-0.15, -0.1) is 6.58 Å². The van der Waals surface area contributed by atoms with Crippen LogP contribution in [-0.4, -0.2) is 244 Å². The molecule has 37 nitrogen and oxygen atoms in total. The van der Waals surface area contributed by atoms with Crippen LogP contribution in [0, 0.1) is 0 Å². The van der Waals surface area contributed by atoms with Gasteiger partial charge in [0.15, 0.2) is 25.2 Å². The third kappa shape index (κ3) is 16.8. The van der Waals surface area contributed by atoms with E-state index in [0.29, 0.717) is 6.92 Å². The second-order valence-corrected chi connectivity index (χ2v) is 19.3. The highest BCUT2D eigenvalue weighted by atomic mass is 32.3. The van der Waals surface area contributed by atoms with Crippen molar-refractivity contribution in [3.63, 3.8) is 0 Å². The predicted octanol–water partition coefficient (Wildman–Crippen LogP) is -12.8. The normalized spacial score (nSPS) is 38.0. The van der Waals surface area contributed by atoms with Crippen LogP contribution >= 0.6 is 0 Å². The van der Waals surface area contributed by atoms with Crippen LogP contribution in [0.5, 0.6) is 0 Å². The lowest BCUT2D eigenvalue weighted by Gasteiger charge is -2.51. The Kier molecular flexibility index (Phi) is 20.8. The molecule has 7 N–H and O–H groups in total. The minimum atomic E-state index is -6.13. The molecule has 0 bridgehead atoms. The molecular formula is C31H42N2O35S4-6. The largest absolute Gasteiger partial charge is 0.726 e. The van der Waals surface area contributed by atoms with E-state index < -0.39 is 208 Å². The van der Waals surface area contributed by atoms with E-state index in [4.69, 9.17) is 37.9 Å². The third-order valence-electron chi connectivity index (χ3n) is 10.1. The Bertz CT molecular complexity index is 2390. The van der Waals surface area contributed by atoms with Crippen LogP contribution in [0.4, 0.5) is 0 Å². The molecule has 41 heteroatoms. The Morgan fingerprint density at radius 3 is 1.31 bits per heavy atom. The van der Waals surface area contributed by atoms with Crippen molar-refractivity contribution < 1.29 is 161 Å². The molecule has 4 aliphatic rings. The number of rotatable bonds is 23. The Labute approximate surface area is 405 Å². The zero-order valence-corrected chi connectivity index (χ0v) is 39.3. The van der Waals surface area contributed by atoms with Crippen LogP contribution in [0.3, 0.4) is 0 Å². The predicted molar refractivity (Wildman–Crippen MR) is 201 cm³/mol. The molecule has 4 heterocycles. The zero-order chi connectivity index (χ0) is 54.6. The molecule has 4 saturated heterocycles. The number of aliphatic carboxylic acids is 2. The number of carbonyl (C=O) groups excluding carboxylic acids is 4. The molecule has 4 aliphatic heterocycles. The first kappa shape index (κ1) is 61.1. The number of amides is 2. The van der Waals surface area contributed by atoms with Gasteiger partial charge in [0.1, 0.15) is 97.5 Å². The average molecular weight is 1130 g/mol. The maximum Gasteiger partial charge on any atom is 0.218 e. The van der Waals surface area contributed by atoms with Crippen molar-refractivity contribution in [3.05, 3.63) is 12.7 Å². The first-order chi connectivity index (χ1) is 33.0. The van der Waals surface area contributed by atoms with Gasteiger partial charge in [0.2, 0.25) is 53.4 Å². The first-order valence-corrected chi connectivity index (χ1v) is 25.0. The number of carboxylic acid groups (broad SMARTS) is 2. The van der Waals surface area contributed by atoms with Gasteiger partial charge in [-0.1, -0.05) is 6.08 Å². The summed E-state index contributed by atoms with van der Waals surface area (Å²) in [5.74, 6) is -7.08. The van der Waals surface area contributed by atoms with Crippen LogP contribution < -0.4 is 20.8 Å². The molecule has 0 aromatic heterocycles. The standard InChI is InChI=1S/C31H48N2O35S4/c1-4-5-57-28-12(32-8(2)34)21(19(67-71(51,52)53)10(60-28)6-58-69(45,46)47)62-31-18(40)16(38)23(25(66-31)27(43)44)64-29-13(33-9(3)35)22(63-30-17(39)14(36)15(37)24(65-30)26(41)42)20(68-72(54,55)56)11(61-29)7-59-70(48,49)50/h4,10-25,28-31,36-40H,1,5-7H2,2-3H3,(H,32,34)(H,33,35)(H,41,42)(H,43,44)(H,45,46,47)(H,48,49,50)(H,51,52,53)(H,54,55,56)/p-6/t10?,11?,12?,13?,14-,15+,16+,17?,18?,19-,20-,21+,22+,23+,24?,25?,28+,29-,30+,31+/m0/s1. The zero-order valence-electron chi connectivity index (χ0n) is 36.1. The summed E-state index contributed by atoms with van der Waals surface area (Å²) >= 11 is 0. The van der Waals surface area contributed by atoms with E-state index in [1.54, 1.807) is 0 Å². The summed E-state index contributed by atoms with van der Waals surface area (Å²) in [5.41, 5.74) is 0. The van der Waals surface area contributed by atoms with E-state index >= 15 is 0 Å². The van der Waals surface area contributed by atoms with E-state index in [1.165, 1.54) is 0 Å². The highest BCUT2D eigenvalue weighted by Gasteiger charge is 2.58. The fraction of sp³-hybridized carbons (Fsp3) is 0.806. The second-order valence-electron chi connectivity index (χ2n) is 15.2. The van der Waals surface area contributed by atoms with Gasteiger partial charge >= 0.3 is 0 Å². The number of aliphatic hydroxyl groups is 5. The van der Waals surface area contributed by atoms with Crippen molar-refractivity contribution in [1.29, 1.82) is 0 Å². The molecule has 4 fully saturated rings. The smallest absolute Gasteiger partial charge is 0.218 e. The van der Waals surface area contributed by atoms with Crippen LogP contribution in [0.2, 0.25) is 0 Å². The fourth-order valence-electron chi connectivity index (χ4n) is 7.31. The van der Waals surface area contributed by atoms with Gasteiger partial charge in [-0.05, 0) is 0 Å². The Morgan fingerprint density at radius 1 is 0.528 bits per heavy atom. The Morgan fingerprint density at radius 2 is 0.917 bits per heavy atom. The fourth-order valence-corrected chi connectivity index (χ4v) is 8.92. The summed E-state index contributed by atoms with van der Waals surface area (Å²) in [6.45, 7) is 1.09. The van der Waals surface area contributed by atoms with Crippen LogP contribution in [0.15, 0.2) is 12.7 Å². The number of carboxylic acids is 2. The van der Waals surface area contributed by atoms with Gasteiger partial charge in [0.25, 0.3) is 0 Å². The van der Waals surface area contributed by atoms with Gasteiger partial charge in [-0.25, -0.2) is 33.7 Å². The molecule has 2 amide bonds. The van der Waals surface area contributed by atoms with Crippen LogP contribution in [-0.2, 0) is 115 Å². The minimum Gasteiger partial charge on any atom is -0.726 e. The van der Waals surface area contributed by atoms with Crippen LogP contribution in [0.1, 0.15) is 13.8 Å². The second kappa shape index (κ2) is 24.5. The number of aliphatic hydroxyl groups excluding tert-OH is 5. The maximum absolute atomic E-state index is 12.8. The highest BCUT2D eigenvalue weighted by Crippen LogP contribution is 2.37. The lowest BCUT2D eigenvalue weighted by molar-refractivity contribution is -0.385. The lowest BCUT2D eigenvalue weighted by Crippen LogP contribution is -2.72. The van der Waals surface area contributed by atoms with Gasteiger partial charge in [0, 0.05) is 13.8 Å². The average Bonchev–Trinajstić information content (AvgIpc) is 3.22. The number of nitrogens with one attached hydrogen (secondary N) is 2. The summed E-state index contributed by atoms with van der Waals surface area (Å²) < 4.78 is 201. The SMILES string of the molecule is C=CCO[C@@H]1OC(COS(=O)(=O)[O-])[C@H](OS(=O)(=O)[O-])[C@H](O[C@@H]2OC(C(=O)[O-])[C@H](O[C@@H]3OC(COS(=O)(=O)[O-])[C@H](OS(=O)(=O)[O-])[C@H](O[C@@H]4OC(C(=O)[O-])[C@H](O)[C@H](O)C4O)C3NC(C)=O)[C@H](O)C2O)C1NC(C)=O. The van der Waals surface area contributed by atoms with Crippen molar-refractivity contribution in [2.75, 3.05) is 19.8 Å². The summed E-state index contributed by atoms with van der Waals surface area (Å²) in [7, 11) is -23.7. The highest BCUT2D eigenvalue weighted by molar-refractivity contribution is 7.81. The molecule has 72 heavy (non-hydrogen) atoms. The lowest BCUT2D eigenvalue weighted by atomic mass is 9.94. The molecule has 416 valence electrons. The van der Waals surface area contributed by atoms with Crippen molar-refractivity contribution in [2.24, 2.45) is 0 Å². The monoisotopic (exact) mass is 1130 g/mol. The van der Waals surface area contributed by atoms with Crippen molar-refractivity contribution >= 4 is 65.3 Å². The molecule has 8 unspecified atom stereocenters. The molecule has 0 saturated carbocycles. The number of hydrogen-bond acceptors (Lipinski definition) is 35. The van der Waals surface area contributed by atoms with E-state index in [0.717, 1.165) is 13.0 Å². The topological polar surface area (TPSA) is 579 Å². The minimum absolute atomic E-state index is 0.521. The van der Waals surface area contributed by atoms with Gasteiger partial charge in [-0.3, -0.25) is 26.3 Å². The van der Waals surface area contributed by atoms with E-state index in [-0.39, 0.29) is 0 Å². The first-order valence-electron chi connectivity index (χ1n) is 19.7. The molecule has 0 spiro atoms. The molecule has 20 atom stereocenters. The summed E-state index contributed by atoms with van der Waals surface area (Å²) in [5, 5.41) is 82.8. The Balaban J connectivity index is 1.83. The molecule has 0 aliphatic carbocycles. The molecule has 0 aromatic carbocycles. The quantitative estimate of drug-likeness (QED) is 0.0284. The Hall–Kier alpha value is -3.42. The number of ether oxygens (including phenoxy) is 8. The summed E-state index contributed by atoms with van der Waals surface area (Å²) in [6, 6.07) is -4.46. The van der Waals surface area contributed by atoms with Crippen LogP contribution in [0.25, 0.3) is 0 Å². The van der Waals surface area contributed by atoms with E-state index in [1.807, 2.05) is 5.32 Å². The third-order valence-corrected chi connectivity index (χ3v) is 11.8. The van der Waals surface area contributed by atoms with Crippen molar-refractivity contribution in [3.8, 4) is 0 Å². The van der Waals surface area contributed by atoms with Gasteiger partial charge in [0.05, 0.1) is 31.8 Å². The summed E-state index contributed by atoms with van der Waals surface area (Å²) in [6.07, 6.45) is -45.9. The van der Waals surface area contributed by atoms with E-state index in [9.17, 15) is 107 Å². The molecule has 4 rings (SSSR count). The maximum atomic E-state index is 12.8. The van der Waals surface area contributed by atoms with Crippen molar-refractivity contribution in [1.82, 2.24) is 10.6 Å². The summed E-state index contributed by atoms with van der Waals surface area (Å²) in [4.78, 5) is 49.6. The van der Waals surface area contributed by atoms with E-state index in [2.05, 4.69) is 28.6 Å². The van der Waals surface area contributed by atoms with Gasteiger partial charge in [-0.2, -0.15) is 0 Å². The number of carbonyl (C=O) groups is 4. The molecule has 0 aromatic rings. The number of hydrogen-bond donors (Lipinski definition) is 7.